The fourth-order valence-electron chi connectivity index (χ4n) is 1.40. The number of benzene rings is 1. The molecule has 0 heterocycles. The van der Waals surface area contributed by atoms with Crippen LogP contribution in [0.15, 0.2) is 29.2 Å². The van der Waals surface area contributed by atoms with Gasteiger partial charge in [-0.1, -0.05) is 38.6 Å². The smallest absolute Gasteiger partial charge is 0.278 e. The minimum atomic E-state index is -0.183. The van der Waals surface area contributed by atoms with Gasteiger partial charge in [-0.05, 0) is 24.1 Å². The number of amides is 1. The van der Waals surface area contributed by atoms with Gasteiger partial charge < -0.3 is 4.90 Å². The summed E-state index contributed by atoms with van der Waals surface area (Å²) in [6, 6.07) is 8.54. The van der Waals surface area contributed by atoms with Crippen molar-refractivity contribution in [3.8, 4) is 0 Å². The van der Waals surface area contributed by atoms with Crippen LogP contribution in [0.1, 0.15) is 19.4 Å². The zero-order valence-electron chi connectivity index (χ0n) is 10.5. The molecule has 0 aliphatic heterocycles. The van der Waals surface area contributed by atoms with Gasteiger partial charge in [0.1, 0.15) is 0 Å². The Morgan fingerprint density at radius 3 is 2.41 bits per heavy atom. The predicted octanol–water partition coefficient (Wildman–Crippen LogP) is 3.71. The lowest BCUT2D eigenvalue weighted by Crippen LogP contribution is -2.23. The molecule has 1 rings (SSSR count). The molecule has 0 atom stereocenters. The second kappa shape index (κ2) is 6.97. The molecule has 0 saturated carbocycles. The van der Waals surface area contributed by atoms with E-state index in [0.717, 1.165) is 6.42 Å². The van der Waals surface area contributed by atoms with E-state index in [1.54, 1.807) is 11.9 Å². The Hall–Kier alpha value is -0.610. The molecule has 17 heavy (non-hydrogen) atoms. The first-order valence-corrected chi connectivity index (χ1v) is 7.01. The lowest BCUT2D eigenvalue weighted by Gasteiger charge is -2.13. The van der Waals surface area contributed by atoms with Crippen LogP contribution < -0.4 is 0 Å². The number of thioether (sulfide) groups is 1. The maximum Gasteiger partial charge on any atom is 0.278 e. The van der Waals surface area contributed by atoms with Crippen LogP contribution in [0.3, 0.4) is 0 Å². The molecule has 0 N–H and O–H groups in total. The van der Waals surface area contributed by atoms with E-state index in [2.05, 4.69) is 50.7 Å². The number of carbonyl (C=O) groups excluding carboxylic acids is 1. The van der Waals surface area contributed by atoms with E-state index in [0.29, 0.717) is 11.8 Å². The van der Waals surface area contributed by atoms with Crippen LogP contribution in [-0.4, -0.2) is 29.0 Å². The number of nitrogens with zero attached hydrogens (tertiary/aromatic N) is 1. The van der Waals surface area contributed by atoms with Crippen LogP contribution in [0.4, 0.5) is 4.79 Å². The van der Waals surface area contributed by atoms with Crippen molar-refractivity contribution in [3.63, 3.8) is 0 Å². The Morgan fingerprint density at radius 2 is 1.94 bits per heavy atom. The summed E-state index contributed by atoms with van der Waals surface area (Å²) in [5, 5.41) is 0.422. The van der Waals surface area contributed by atoms with Crippen LogP contribution in [-0.2, 0) is 6.42 Å². The third kappa shape index (κ3) is 5.50. The number of thiol groups is 1. The summed E-state index contributed by atoms with van der Waals surface area (Å²) in [5.74, 6) is 0. The SMILES string of the molecule is CC(C)Sc1ccc(CCN(C)C(=O)S)cc1. The molecule has 2 nitrogen and oxygen atoms in total. The Balaban J connectivity index is 2.48. The van der Waals surface area contributed by atoms with E-state index in [9.17, 15) is 4.79 Å². The fraction of sp³-hybridized carbons (Fsp3) is 0.462. The molecular weight excluding hydrogens is 250 g/mol. The maximum absolute atomic E-state index is 10.9. The number of hydrogen-bond acceptors (Lipinski definition) is 2. The first kappa shape index (κ1) is 14.5. The summed E-state index contributed by atoms with van der Waals surface area (Å²) in [6.07, 6.45) is 0.870. The first-order chi connectivity index (χ1) is 7.99. The summed E-state index contributed by atoms with van der Waals surface area (Å²) in [6.45, 7) is 5.08. The summed E-state index contributed by atoms with van der Waals surface area (Å²) in [4.78, 5) is 13.8. The summed E-state index contributed by atoms with van der Waals surface area (Å²) in [7, 11) is 1.76. The van der Waals surface area contributed by atoms with E-state index in [1.807, 2.05) is 11.8 Å². The highest BCUT2D eigenvalue weighted by atomic mass is 32.2. The Morgan fingerprint density at radius 1 is 1.35 bits per heavy atom. The highest BCUT2D eigenvalue weighted by molar-refractivity contribution is 7.99. The van der Waals surface area contributed by atoms with Crippen LogP contribution in [0, 0.1) is 0 Å². The maximum atomic E-state index is 10.9. The molecule has 0 fully saturated rings. The zero-order chi connectivity index (χ0) is 12.8. The zero-order valence-corrected chi connectivity index (χ0v) is 12.2. The largest absolute Gasteiger partial charge is 0.337 e. The first-order valence-electron chi connectivity index (χ1n) is 5.68. The summed E-state index contributed by atoms with van der Waals surface area (Å²) >= 11 is 5.64. The van der Waals surface area contributed by atoms with Crippen LogP contribution >= 0.6 is 24.4 Å². The van der Waals surface area contributed by atoms with E-state index < -0.39 is 0 Å². The molecule has 1 aromatic carbocycles. The van der Waals surface area contributed by atoms with Crippen molar-refractivity contribution in [2.75, 3.05) is 13.6 Å². The predicted molar refractivity (Wildman–Crippen MR) is 78.2 cm³/mol. The standard InChI is InChI=1S/C13H19NOS2/c1-10(2)17-12-6-4-11(5-7-12)8-9-14(3)13(15)16/h4-7,10H,8-9H2,1-3H3,(H,15,16). The molecule has 0 aromatic heterocycles. The van der Waals surface area contributed by atoms with Crippen LogP contribution in [0.25, 0.3) is 0 Å². The molecule has 0 aliphatic rings. The van der Waals surface area contributed by atoms with Gasteiger partial charge >= 0.3 is 0 Å². The molecule has 4 heteroatoms. The lowest BCUT2D eigenvalue weighted by molar-refractivity contribution is 0.234. The normalized spacial score (nSPS) is 10.6. The number of hydrogen-bond donors (Lipinski definition) is 1. The molecule has 94 valence electrons. The van der Waals surface area contributed by atoms with Crippen LogP contribution in [0.2, 0.25) is 0 Å². The van der Waals surface area contributed by atoms with Crippen molar-refractivity contribution in [1.29, 1.82) is 0 Å². The minimum Gasteiger partial charge on any atom is -0.337 e. The molecule has 0 radical (unpaired) electrons. The second-order valence-electron chi connectivity index (χ2n) is 4.26. The van der Waals surface area contributed by atoms with Gasteiger partial charge in [-0.25, -0.2) is 0 Å². The quantitative estimate of drug-likeness (QED) is 0.649. The molecule has 1 aromatic rings. The monoisotopic (exact) mass is 269 g/mol. The second-order valence-corrected chi connectivity index (χ2v) is 6.30. The third-order valence-electron chi connectivity index (χ3n) is 2.36. The highest BCUT2D eigenvalue weighted by Crippen LogP contribution is 2.22. The lowest BCUT2D eigenvalue weighted by atomic mass is 10.1. The van der Waals surface area contributed by atoms with E-state index in [4.69, 9.17) is 0 Å². The van der Waals surface area contributed by atoms with Crippen molar-refractivity contribution in [1.82, 2.24) is 4.90 Å². The van der Waals surface area contributed by atoms with E-state index in [1.165, 1.54) is 10.5 Å². The average molecular weight is 269 g/mol. The summed E-state index contributed by atoms with van der Waals surface area (Å²) in [5.41, 5.74) is 1.25. The highest BCUT2D eigenvalue weighted by Gasteiger charge is 2.03. The van der Waals surface area contributed by atoms with Gasteiger partial charge in [-0.2, -0.15) is 0 Å². The third-order valence-corrected chi connectivity index (χ3v) is 3.71. The number of carbonyl (C=O) groups is 1. The Labute approximate surface area is 113 Å². The van der Waals surface area contributed by atoms with Gasteiger partial charge in [-0.3, -0.25) is 4.79 Å². The minimum absolute atomic E-state index is 0.183. The van der Waals surface area contributed by atoms with Crippen molar-refractivity contribution >= 4 is 29.6 Å². The molecule has 0 saturated heterocycles. The van der Waals surface area contributed by atoms with Gasteiger partial charge in [0, 0.05) is 23.7 Å². The molecule has 0 aliphatic carbocycles. The van der Waals surface area contributed by atoms with Gasteiger partial charge in [-0.15, -0.1) is 11.8 Å². The van der Waals surface area contributed by atoms with Gasteiger partial charge in [0.25, 0.3) is 5.24 Å². The van der Waals surface area contributed by atoms with E-state index in [-0.39, 0.29) is 5.24 Å². The van der Waals surface area contributed by atoms with E-state index >= 15 is 0 Å². The molecule has 0 spiro atoms. The fourth-order valence-corrected chi connectivity index (χ4v) is 2.34. The topological polar surface area (TPSA) is 20.3 Å². The van der Waals surface area contributed by atoms with Crippen molar-refractivity contribution < 1.29 is 4.79 Å². The van der Waals surface area contributed by atoms with Crippen molar-refractivity contribution in [2.24, 2.45) is 0 Å². The summed E-state index contributed by atoms with van der Waals surface area (Å²) < 4.78 is 0. The van der Waals surface area contributed by atoms with Gasteiger partial charge in [0.15, 0.2) is 0 Å². The van der Waals surface area contributed by atoms with Crippen molar-refractivity contribution in [3.05, 3.63) is 29.8 Å². The number of likely N-dealkylation sites (N-methyl/N-ethyl adjacent to an activating group) is 1. The molecular formula is C13H19NOS2. The van der Waals surface area contributed by atoms with Crippen LogP contribution in [0.5, 0.6) is 0 Å². The van der Waals surface area contributed by atoms with Gasteiger partial charge in [0.05, 0.1) is 0 Å². The van der Waals surface area contributed by atoms with Crippen molar-refractivity contribution in [2.45, 2.75) is 30.4 Å². The van der Waals surface area contributed by atoms with Gasteiger partial charge in [0.2, 0.25) is 0 Å². The number of rotatable bonds is 5. The Bertz CT molecular complexity index is 362. The molecule has 0 unspecified atom stereocenters. The Kier molecular flexibility index (Phi) is 5.92. The average Bonchev–Trinajstić information content (AvgIpc) is 2.26. The molecule has 0 bridgehead atoms. The molecule has 1 amide bonds.